The Balaban J connectivity index is 1.18. The van der Waals surface area contributed by atoms with Crippen molar-refractivity contribution in [2.24, 2.45) is 0 Å². The Kier molecular flexibility index (Phi) is 10.5. The van der Waals surface area contributed by atoms with Crippen molar-refractivity contribution >= 4 is 21.8 Å². The van der Waals surface area contributed by atoms with E-state index < -0.39 is 0 Å². The molecule has 3 aromatic heterocycles. The molecule has 0 bridgehead atoms. The lowest BCUT2D eigenvalue weighted by Gasteiger charge is -2.17. The molecule has 0 aliphatic rings. The van der Waals surface area contributed by atoms with Crippen LogP contribution in [0, 0.1) is 13.8 Å². The maximum absolute atomic E-state index is 5.36. The van der Waals surface area contributed by atoms with Gasteiger partial charge in [-0.2, -0.15) is 0 Å². The number of hydrogen-bond acceptors (Lipinski definition) is 6. The van der Waals surface area contributed by atoms with Gasteiger partial charge in [-0.3, -0.25) is 0 Å². The van der Waals surface area contributed by atoms with Gasteiger partial charge in [0.1, 0.15) is 0 Å². The van der Waals surface area contributed by atoms with Crippen molar-refractivity contribution in [1.82, 2.24) is 34.5 Å². The summed E-state index contributed by atoms with van der Waals surface area (Å²) in [6, 6.07) is 77.8. The van der Waals surface area contributed by atoms with E-state index in [2.05, 4.69) is 122 Å². The van der Waals surface area contributed by atoms with E-state index in [0.29, 0.717) is 34.9 Å². The normalized spacial score (nSPS) is 11.3. The maximum Gasteiger partial charge on any atom is 0.166 e. The van der Waals surface area contributed by atoms with E-state index in [0.717, 1.165) is 83.1 Å². The molecule has 12 aromatic rings. The minimum Gasteiger partial charge on any atom is -0.308 e. The fourth-order valence-electron chi connectivity index (χ4n) is 9.20. The number of hydrogen-bond donors (Lipinski definition) is 0. The Labute approximate surface area is 400 Å². The fraction of sp³-hybridized carbons (Fsp3) is 0.0323. The first-order valence-electron chi connectivity index (χ1n) is 23.1. The summed E-state index contributed by atoms with van der Waals surface area (Å²) >= 11 is 0. The molecule has 0 N–H and O–H groups in total. The second-order valence-electron chi connectivity index (χ2n) is 17.3. The summed E-state index contributed by atoms with van der Waals surface area (Å²) in [6.45, 7) is 4.28. The summed E-state index contributed by atoms with van der Waals surface area (Å²) in [6.07, 6.45) is 0. The van der Waals surface area contributed by atoms with Crippen LogP contribution in [0.2, 0.25) is 0 Å². The largest absolute Gasteiger partial charge is 0.308 e. The molecular weight excluding hydrogens is 843 g/mol. The zero-order chi connectivity index (χ0) is 46.3. The standard InChI is InChI=1S/C62H43N7/c1-40-17-15-27-46(35-40)48-29-32-51-52-33-30-49(47-28-16-18-41(2)36-47)39-56(52)69(55(51)38-48)54-34-31-50(61-65-57(42-19-7-3-8-20-42)63-58(66-61)43-21-9-4-10-22-43)37-53(54)62-67-59(44-23-11-5-12-24-44)64-60(68-62)45-25-13-6-14-26-45/h3-39H,1-2H3. The second kappa shape index (κ2) is 17.5. The summed E-state index contributed by atoms with van der Waals surface area (Å²) in [7, 11) is 0. The van der Waals surface area contributed by atoms with Gasteiger partial charge in [-0.1, -0.05) is 205 Å². The highest BCUT2D eigenvalue weighted by atomic mass is 15.1. The molecule has 0 unspecified atom stereocenters. The first-order valence-corrected chi connectivity index (χ1v) is 23.1. The lowest BCUT2D eigenvalue weighted by Crippen LogP contribution is -2.05. The lowest BCUT2D eigenvalue weighted by atomic mass is 10.0. The monoisotopic (exact) mass is 885 g/mol. The Morgan fingerprint density at radius 2 is 0.594 bits per heavy atom. The molecule has 69 heavy (non-hydrogen) atoms. The van der Waals surface area contributed by atoms with Gasteiger partial charge >= 0.3 is 0 Å². The first kappa shape index (κ1) is 41.2. The third kappa shape index (κ3) is 8.02. The van der Waals surface area contributed by atoms with E-state index in [-0.39, 0.29) is 0 Å². The molecular formula is C62H43N7. The van der Waals surface area contributed by atoms with Gasteiger partial charge in [0.25, 0.3) is 0 Å². The molecule has 0 saturated carbocycles. The number of fused-ring (bicyclic) bond motifs is 3. The van der Waals surface area contributed by atoms with Gasteiger partial charge in [0, 0.05) is 44.2 Å². The van der Waals surface area contributed by atoms with Crippen LogP contribution in [0.15, 0.2) is 224 Å². The molecule has 0 fully saturated rings. The molecule has 3 heterocycles. The van der Waals surface area contributed by atoms with Crippen LogP contribution in [0.3, 0.4) is 0 Å². The van der Waals surface area contributed by atoms with Crippen molar-refractivity contribution in [3.63, 3.8) is 0 Å². The molecule has 0 spiro atoms. The molecule has 0 atom stereocenters. The molecule has 0 amide bonds. The average Bonchev–Trinajstić information content (AvgIpc) is 3.74. The minimum absolute atomic E-state index is 0.514. The Morgan fingerprint density at radius 1 is 0.261 bits per heavy atom. The first-order chi connectivity index (χ1) is 34.0. The molecule has 7 nitrogen and oxygen atoms in total. The van der Waals surface area contributed by atoms with Crippen molar-refractivity contribution in [2.45, 2.75) is 13.8 Å². The number of aromatic nitrogens is 7. The topological polar surface area (TPSA) is 82.3 Å². The summed E-state index contributed by atoms with van der Waals surface area (Å²) < 4.78 is 2.38. The molecule has 326 valence electrons. The van der Waals surface area contributed by atoms with Crippen LogP contribution in [0.25, 0.3) is 118 Å². The zero-order valence-electron chi connectivity index (χ0n) is 38.0. The van der Waals surface area contributed by atoms with Crippen molar-refractivity contribution in [1.29, 1.82) is 0 Å². The van der Waals surface area contributed by atoms with Crippen LogP contribution in [-0.4, -0.2) is 34.5 Å². The number of nitrogens with zero attached hydrogens (tertiary/aromatic N) is 7. The number of benzene rings is 9. The number of aryl methyl sites for hydroxylation is 2. The third-order valence-corrected chi connectivity index (χ3v) is 12.6. The summed E-state index contributed by atoms with van der Waals surface area (Å²) in [5.41, 5.74) is 15.1. The number of rotatable bonds is 9. The van der Waals surface area contributed by atoms with E-state index in [1.165, 1.54) is 11.1 Å². The van der Waals surface area contributed by atoms with Crippen LogP contribution in [0.4, 0.5) is 0 Å². The van der Waals surface area contributed by atoms with Crippen molar-refractivity contribution in [3.8, 4) is 96.3 Å². The van der Waals surface area contributed by atoms with Crippen molar-refractivity contribution in [3.05, 3.63) is 236 Å². The summed E-state index contributed by atoms with van der Waals surface area (Å²) in [4.78, 5) is 31.2. The predicted octanol–water partition coefficient (Wildman–Crippen LogP) is 15.1. The summed E-state index contributed by atoms with van der Waals surface area (Å²) in [5.74, 6) is 3.34. The van der Waals surface area contributed by atoms with Gasteiger partial charge in [0.15, 0.2) is 34.9 Å². The molecule has 7 heteroatoms. The van der Waals surface area contributed by atoms with Gasteiger partial charge in [0.2, 0.25) is 0 Å². The average molecular weight is 886 g/mol. The van der Waals surface area contributed by atoms with Crippen LogP contribution in [0.1, 0.15) is 11.1 Å². The fourth-order valence-corrected chi connectivity index (χ4v) is 9.20. The molecule has 0 aliphatic carbocycles. The minimum atomic E-state index is 0.514. The van der Waals surface area contributed by atoms with Gasteiger partial charge < -0.3 is 4.57 Å². The third-order valence-electron chi connectivity index (χ3n) is 12.6. The van der Waals surface area contributed by atoms with Crippen LogP contribution in [0.5, 0.6) is 0 Å². The smallest absolute Gasteiger partial charge is 0.166 e. The maximum atomic E-state index is 5.36. The van der Waals surface area contributed by atoms with Gasteiger partial charge in [-0.15, -0.1) is 0 Å². The van der Waals surface area contributed by atoms with Crippen LogP contribution < -0.4 is 0 Å². The molecule has 9 aromatic carbocycles. The molecule has 0 aliphatic heterocycles. The van der Waals surface area contributed by atoms with Gasteiger partial charge in [-0.05, 0) is 66.4 Å². The van der Waals surface area contributed by atoms with E-state index in [9.17, 15) is 0 Å². The Hall–Kier alpha value is -9.20. The van der Waals surface area contributed by atoms with Crippen molar-refractivity contribution in [2.75, 3.05) is 0 Å². The van der Waals surface area contributed by atoms with E-state index in [1.54, 1.807) is 0 Å². The quantitative estimate of drug-likeness (QED) is 0.144. The molecule has 0 radical (unpaired) electrons. The zero-order valence-corrected chi connectivity index (χ0v) is 38.0. The van der Waals surface area contributed by atoms with E-state index >= 15 is 0 Å². The van der Waals surface area contributed by atoms with Crippen molar-refractivity contribution < 1.29 is 0 Å². The molecule has 0 saturated heterocycles. The van der Waals surface area contributed by atoms with Crippen LogP contribution in [-0.2, 0) is 0 Å². The highest BCUT2D eigenvalue weighted by Crippen LogP contribution is 2.41. The van der Waals surface area contributed by atoms with E-state index in [4.69, 9.17) is 29.9 Å². The SMILES string of the molecule is Cc1cccc(-c2ccc3c4ccc(-c5cccc(C)c5)cc4n(-c4ccc(-c5nc(-c6ccccc6)nc(-c6ccccc6)n5)cc4-c4nc(-c5ccccc5)nc(-c5ccccc5)n4)c3c2)c1. The highest BCUT2D eigenvalue weighted by Gasteiger charge is 2.23. The predicted molar refractivity (Wildman–Crippen MR) is 281 cm³/mol. The highest BCUT2D eigenvalue weighted by molar-refractivity contribution is 6.11. The Morgan fingerprint density at radius 3 is 0.986 bits per heavy atom. The van der Waals surface area contributed by atoms with Gasteiger partial charge in [0.05, 0.1) is 16.7 Å². The second-order valence-corrected chi connectivity index (χ2v) is 17.3. The van der Waals surface area contributed by atoms with E-state index in [1.807, 2.05) is 121 Å². The van der Waals surface area contributed by atoms with Crippen LogP contribution >= 0.6 is 0 Å². The summed E-state index contributed by atoms with van der Waals surface area (Å²) in [5, 5.41) is 2.27. The Bertz CT molecular complexity index is 3630. The molecule has 12 rings (SSSR count). The lowest BCUT2D eigenvalue weighted by molar-refractivity contribution is 1.06. The van der Waals surface area contributed by atoms with Gasteiger partial charge in [-0.25, -0.2) is 29.9 Å².